The molecule has 4 aromatic carbocycles. The van der Waals surface area contributed by atoms with E-state index in [0.717, 1.165) is 42.6 Å². The van der Waals surface area contributed by atoms with E-state index in [1.165, 1.54) is 0 Å². The van der Waals surface area contributed by atoms with Crippen LogP contribution in [0.5, 0.6) is 5.75 Å². The molecule has 0 fully saturated rings. The maximum Gasteiger partial charge on any atom is 0.134 e. The van der Waals surface area contributed by atoms with Crippen LogP contribution >= 0.6 is 22.6 Å². The molecule has 0 amide bonds. The molecule has 1 heterocycles. The fourth-order valence-electron chi connectivity index (χ4n) is 3.72. The molecule has 7 heteroatoms. The van der Waals surface area contributed by atoms with Gasteiger partial charge < -0.3 is 19.7 Å². The van der Waals surface area contributed by atoms with Crippen LogP contribution < -0.4 is 0 Å². The topological polar surface area (TPSA) is 121 Å². The maximum atomic E-state index is 9.42. The van der Waals surface area contributed by atoms with Crippen molar-refractivity contribution >= 4 is 33.6 Å². The first-order valence-corrected chi connectivity index (χ1v) is 13.7. The standard InChI is InChI=1S/C17H13NO2.C13H8INO.C4H6O/c18-11-12-1-3-13(4-2-12)14-5-6-15-9-16(7-8-19)20-17(15)10-14;14-12-7-11(5-6-13(12)16)10-3-1-9(8-15)2-4-10;1-2-3-4-5/h1-6,9-10,19H,7-8H2;1-7,16H;1,5H,3-4H2. The number of aliphatic hydroxyl groups is 2. The number of phenolic OH excluding ortho intramolecular Hbond substituents is 1. The minimum atomic E-state index is 0.0856. The molecule has 0 aliphatic heterocycles. The number of aromatic hydroxyl groups is 1. The van der Waals surface area contributed by atoms with E-state index in [2.05, 4.69) is 40.6 Å². The summed E-state index contributed by atoms with van der Waals surface area (Å²) in [4.78, 5) is 0. The summed E-state index contributed by atoms with van der Waals surface area (Å²) in [5, 5.41) is 44.8. The van der Waals surface area contributed by atoms with Gasteiger partial charge in [0.2, 0.25) is 0 Å². The van der Waals surface area contributed by atoms with Crippen molar-refractivity contribution < 1.29 is 19.7 Å². The van der Waals surface area contributed by atoms with Crippen LogP contribution in [0.1, 0.15) is 23.3 Å². The highest BCUT2D eigenvalue weighted by Gasteiger charge is 2.06. The highest BCUT2D eigenvalue weighted by atomic mass is 127. The lowest BCUT2D eigenvalue weighted by molar-refractivity contribution is 0.289. The molecule has 1 aromatic heterocycles. The van der Waals surface area contributed by atoms with E-state index in [-0.39, 0.29) is 19.0 Å². The molecule has 6 nitrogen and oxygen atoms in total. The first-order valence-electron chi connectivity index (χ1n) is 12.6. The number of hydrogen-bond donors (Lipinski definition) is 3. The first kappa shape index (κ1) is 30.9. The van der Waals surface area contributed by atoms with Crippen LogP contribution in [0.2, 0.25) is 0 Å². The second-order valence-electron chi connectivity index (χ2n) is 8.66. The molecule has 3 N–H and O–H groups in total. The highest BCUT2D eigenvalue weighted by Crippen LogP contribution is 2.28. The Balaban J connectivity index is 0.000000198. The normalized spacial score (nSPS) is 9.76. The van der Waals surface area contributed by atoms with Crippen LogP contribution in [-0.4, -0.2) is 28.5 Å². The minimum Gasteiger partial charge on any atom is -0.507 e. The highest BCUT2D eigenvalue weighted by molar-refractivity contribution is 14.1. The Morgan fingerprint density at radius 1 is 0.707 bits per heavy atom. The van der Waals surface area contributed by atoms with Crippen molar-refractivity contribution in [1.82, 2.24) is 0 Å². The molecule has 5 rings (SSSR count). The van der Waals surface area contributed by atoms with E-state index in [4.69, 9.17) is 31.6 Å². The average Bonchev–Trinajstić information content (AvgIpc) is 3.42. The van der Waals surface area contributed by atoms with Crippen molar-refractivity contribution in [2.45, 2.75) is 12.8 Å². The number of halogens is 1. The van der Waals surface area contributed by atoms with Crippen LogP contribution in [0, 0.1) is 38.6 Å². The van der Waals surface area contributed by atoms with Crippen LogP contribution in [-0.2, 0) is 6.42 Å². The van der Waals surface area contributed by atoms with Crippen LogP contribution in [0.4, 0.5) is 0 Å². The van der Waals surface area contributed by atoms with Gasteiger partial charge in [-0.05, 0) is 93.4 Å². The van der Waals surface area contributed by atoms with Crippen LogP contribution in [0.25, 0.3) is 33.2 Å². The number of benzene rings is 4. The van der Waals surface area contributed by atoms with Gasteiger partial charge in [-0.2, -0.15) is 10.5 Å². The van der Waals surface area contributed by atoms with E-state index < -0.39 is 0 Å². The van der Waals surface area contributed by atoms with Gasteiger partial charge >= 0.3 is 0 Å². The first-order chi connectivity index (χ1) is 19.9. The summed E-state index contributed by atoms with van der Waals surface area (Å²) in [6.07, 6.45) is 5.73. The predicted octanol–water partition coefficient (Wildman–Crippen LogP) is 7.04. The molecule has 0 radical (unpaired) electrons. The fraction of sp³-hybridized carbons (Fsp3) is 0.118. The summed E-state index contributed by atoms with van der Waals surface area (Å²) >= 11 is 2.09. The van der Waals surface area contributed by atoms with Crippen LogP contribution in [0.3, 0.4) is 0 Å². The van der Waals surface area contributed by atoms with Gasteiger partial charge in [0.05, 0.1) is 40.0 Å². The van der Waals surface area contributed by atoms with E-state index in [1.807, 2.05) is 60.7 Å². The largest absolute Gasteiger partial charge is 0.507 e. The van der Waals surface area contributed by atoms with Crippen molar-refractivity contribution in [3.05, 3.63) is 111 Å². The minimum absolute atomic E-state index is 0.0856. The number of phenols is 1. The smallest absolute Gasteiger partial charge is 0.134 e. The molecule has 0 saturated heterocycles. The third-order valence-electron chi connectivity index (χ3n) is 5.83. The van der Waals surface area contributed by atoms with Crippen molar-refractivity contribution in [1.29, 1.82) is 10.5 Å². The summed E-state index contributed by atoms with van der Waals surface area (Å²) in [5.74, 6) is 3.35. The third-order valence-corrected chi connectivity index (χ3v) is 6.69. The average molecular weight is 655 g/mol. The number of fused-ring (bicyclic) bond motifs is 1. The number of rotatable bonds is 5. The van der Waals surface area contributed by atoms with E-state index in [9.17, 15) is 5.11 Å². The molecule has 0 saturated carbocycles. The summed E-state index contributed by atoms with van der Waals surface area (Å²) in [6, 6.07) is 32.5. The SMILES string of the molecule is C#CCCO.N#Cc1ccc(-c2ccc(O)c(I)c2)cc1.N#Cc1ccc(-c2ccc3cc(CCO)oc3c2)cc1. The van der Waals surface area contributed by atoms with Crippen molar-refractivity contribution in [3.63, 3.8) is 0 Å². The summed E-state index contributed by atoms with van der Waals surface area (Å²) in [7, 11) is 0. The number of hydrogen-bond acceptors (Lipinski definition) is 6. The summed E-state index contributed by atoms with van der Waals surface area (Å²) in [5.41, 5.74) is 6.28. The Morgan fingerprint density at radius 3 is 1.71 bits per heavy atom. The van der Waals surface area contributed by atoms with E-state index in [0.29, 0.717) is 24.0 Å². The fourth-order valence-corrected chi connectivity index (χ4v) is 4.24. The number of aliphatic hydroxyl groups excluding tert-OH is 2. The maximum absolute atomic E-state index is 9.42. The number of nitriles is 2. The third kappa shape index (κ3) is 8.96. The molecule has 41 heavy (non-hydrogen) atoms. The van der Waals surface area contributed by atoms with Crippen molar-refractivity contribution in [2.75, 3.05) is 13.2 Å². The molecule has 0 aliphatic rings. The zero-order valence-corrected chi connectivity index (χ0v) is 24.2. The van der Waals surface area contributed by atoms with Gasteiger partial charge in [-0.3, -0.25) is 0 Å². The quantitative estimate of drug-likeness (QED) is 0.138. The molecule has 0 spiro atoms. The molecule has 0 aliphatic carbocycles. The molecule has 0 unspecified atom stereocenters. The molecular weight excluding hydrogens is 627 g/mol. The van der Waals surface area contributed by atoms with Gasteiger partial charge in [0.1, 0.15) is 17.1 Å². The monoisotopic (exact) mass is 654 g/mol. The summed E-state index contributed by atoms with van der Waals surface area (Å²) < 4.78 is 6.52. The predicted molar refractivity (Wildman–Crippen MR) is 169 cm³/mol. The van der Waals surface area contributed by atoms with E-state index >= 15 is 0 Å². The Morgan fingerprint density at radius 2 is 1.24 bits per heavy atom. The van der Waals surface area contributed by atoms with Crippen molar-refractivity contribution in [2.24, 2.45) is 0 Å². The Kier molecular flexibility index (Phi) is 12.0. The Bertz CT molecular complexity index is 1700. The van der Waals surface area contributed by atoms with Gasteiger partial charge in [0.15, 0.2) is 0 Å². The molecular formula is C34H27IN2O4. The van der Waals surface area contributed by atoms with Gasteiger partial charge in [-0.1, -0.05) is 42.5 Å². The lowest BCUT2D eigenvalue weighted by Gasteiger charge is -2.03. The second kappa shape index (κ2) is 15.9. The lowest BCUT2D eigenvalue weighted by Crippen LogP contribution is -1.85. The summed E-state index contributed by atoms with van der Waals surface area (Å²) in [6.45, 7) is 0.193. The van der Waals surface area contributed by atoms with Gasteiger partial charge in [0, 0.05) is 18.2 Å². The zero-order valence-electron chi connectivity index (χ0n) is 22.1. The molecule has 0 atom stereocenters. The lowest BCUT2D eigenvalue weighted by atomic mass is 10.0. The molecule has 204 valence electrons. The van der Waals surface area contributed by atoms with Crippen LogP contribution in [0.15, 0.2) is 95.4 Å². The Hall–Kier alpha value is -4.59. The number of nitrogens with zero attached hydrogens (tertiary/aromatic N) is 2. The number of furan rings is 1. The van der Waals surface area contributed by atoms with Gasteiger partial charge in [-0.25, -0.2) is 0 Å². The van der Waals surface area contributed by atoms with Gasteiger partial charge in [0.25, 0.3) is 0 Å². The second-order valence-corrected chi connectivity index (χ2v) is 9.82. The zero-order chi connectivity index (χ0) is 29.6. The molecule has 5 aromatic rings. The molecule has 0 bridgehead atoms. The van der Waals surface area contributed by atoms with E-state index in [1.54, 1.807) is 30.3 Å². The van der Waals surface area contributed by atoms with Gasteiger partial charge in [-0.15, -0.1) is 12.3 Å². The Labute approximate surface area is 252 Å². The number of terminal acetylenes is 1. The van der Waals surface area contributed by atoms with Crippen molar-refractivity contribution in [3.8, 4) is 52.5 Å².